The molecule has 0 fully saturated rings. The van der Waals surface area contributed by atoms with Crippen LogP contribution in [0.4, 0.5) is 11.4 Å². The number of para-hydroxylation sites is 2. The third-order valence-electron chi connectivity index (χ3n) is 4.91. The van der Waals surface area contributed by atoms with Crippen molar-refractivity contribution in [3.05, 3.63) is 132 Å². The molecule has 0 aliphatic heterocycles. The number of allylic oxidation sites excluding steroid dienone is 1. The Labute approximate surface area is 183 Å². The first-order chi connectivity index (χ1) is 15.3. The van der Waals surface area contributed by atoms with Crippen molar-refractivity contribution in [3.8, 4) is 5.75 Å². The van der Waals surface area contributed by atoms with Gasteiger partial charge >= 0.3 is 0 Å². The van der Waals surface area contributed by atoms with E-state index < -0.39 is 0 Å². The van der Waals surface area contributed by atoms with E-state index in [0.717, 1.165) is 33.8 Å². The Morgan fingerprint density at radius 1 is 0.645 bits per heavy atom. The van der Waals surface area contributed by atoms with Crippen LogP contribution in [0.3, 0.4) is 0 Å². The minimum absolute atomic E-state index is 0.837. The molecule has 0 aromatic heterocycles. The molecule has 0 bridgehead atoms. The summed E-state index contributed by atoms with van der Waals surface area (Å²) in [5, 5.41) is 6.73. The van der Waals surface area contributed by atoms with Gasteiger partial charge in [0.1, 0.15) is 5.75 Å². The van der Waals surface area contributed by atoms with Crippen molar-refractivity contribution in [2.24, 2.45) is 5.10 Å². The van der Waals surface area contributed by atoms with Crippen LogP contribution < -0.4 is 9.75 Å². The topological polar surface area (TPSA) is 24.8 Å². The first-order valence-electron chi connectivity index (χ1n) is 10.2. The highest BCUT2D eigenvalue weighted by Crippen LogP contribution is 2.27. The second-order valence-electron chi connectivity index (χ2n) is 6.92. The lowest BCUT2D eigenvalue weighted by atomic mass is 9.98. The van der Waals surface area contributed by atoms with Gasteiger partial charge in [0.05, 0.1) is 18.5 Å². The molecule has 3 heteroatoms. The lowest BCUT2D eigenvalue weighted by Crippen LogP contribution is -2.08. The van der Waals surface area contributed by atoms with Crippen molar-refractivity contribution in [2.45, 2.75) is 0 Å². The molecule has 4 aromatic carbocycles. The molecular weight excluding hydrogens is 380 g/mol. The van der Waals surface area contributed by atoms with E-state index in [1.54, 1.807) is 7.11 Å². The minimum atomic E-state index is 0.837. The Hall–Kier alpha value is -4.11. The summed E-state index contributed by atoms with van der Waals surface area (Å²) in [5.74, 6) is 0.837. The molecule has 0 spiro atoms. The average molecular weight is 405 g/mol. The molecule has 0 saturated carbocycles. The number of anilines is 2. The highest BCUT2D eigenvalue weighted by molar-refractivity contribution is 5.92. The number of hydrogen-bond acceptors (Lipinski definition) is 3. The molecule has 0 aliphatic carbocycles. The van der Waals surface area contributed by atoms with E-state index in [1.807, 2.05) is 78.0 Å². The van der Waals surface area contributed by atoms with Gasteiger partial charge in [-0.3, -0.25) is 0 Å². The molecule has 0 saturated heterocycles. The van der Waals surface area contributed by atoms with E-state index in [1.165, 1.54) is 0 Å². The predicted octanol–water partition coefficient (Wildman–Crippen LogP) is 6.95. The molecule has 0 amide bonds. The Bertz CT molecular complexity index is 1100. The van der Waals surface area contributed by atoms with Crippen LogP contribution in [0.1, 0.15) is 11.1 Å². The van der Waals surface area contributed by atoms with Crippen molar-refractivity contribution in [2.75, 3.05) is 12.1 Å². The summed E-state index contributed by atoms with van der Waals surface area (Å²) in [5.41, 5.74) is 5.33. The van der Waals surface area contributed by atoms with E-state index in [4.69, 9.17) is 9.84 Å². The maximum atomic E-state index is 5.31. The average Bonchev–Trinajstić information content (AvgIpc) is 2.86. The van der Waals surface area contributed by atoms with Crippen LogP contribution in [-0.2, 0) is 0 Å². The molecule has 0 radical (unpaired) electrons. The fraction of sp³-hybridized carbons (Fsp3) is 0.0357. The van der Waals surface area contributed by atoms with Gasteiger partial charge in [-0.05, 0) is 59.2 Å². The zero-order chi connectivity index (χ0) is 21.3. The quantitative estimate of drug-likeness (QED) is 0.246. The van der Waals surface area contributed by atoms with Gasteiger partial charge in [0.25, 0.3) is 0 Å². The molecule has 0 aliphatic rings. The second-order valence-corrected chi connectivity index (χ2v) is 6.92. The van der Waals surface area contributed by atoms with Gasteiger partial charge < -0.3 is 4.74 Å². The lowest BCUT2D eigenvalue weighted by Gasteiger charge is -2.19. The van der Waals surface area contributed by atoms with Crippen molar-refractivity contribution in [1.82, 2.24) is 0 Å². The number of rotatable bonds is 7. The predicted molar refractivity (Wildman–Crippen MR) is 130 cm³/mol. The Morgan fingerprint density at radius 2 is 1.13 bits per heavy atom. The van der Waals surface area contributed by atoms with Gasteiger partial charge in [-0.25, -0.2) is 5.01 Å². The summed E-state index contributed by atoms with van der Waals surface area (Å²) in [6.07, 6.45) is 3.91. The fourth-order valence-electron chi connectivity index (χ4n) is 3.34. The van der Waals surface area contributed by atoms with Crippen LogP contribution in [0.2, 0.25) is 0 Å². The zero-order valence-corrected chi connectivity index (χ0v) is 17.4. The van der Waals surface area contributed by atoms with Crippen LogP contribution in [0.15, 0.2) is 126 Å². The molecule has 152 valence electrons. The van der Waals surface area contributed by atoms with Gasteiger partial charge in [-0.1, -0.05) is 78.9 Å². The van der Waals surface area contributed by atoms with Crippen LogP contribution in [0.5, 0.6) is 5.75 Å². The first-order valence-corrected chi connectivity index (χ1v) is 10.2. The maximum Gasteiger partial charge on any atom is 0.118 e. The number of ether oxygens (including phenoxy) is 1. The summed E-state index contributed by atoms with van der Waals surface area (Å²) >= 11 is 0. The molecule has 0 N–H and O–H groups in total. The van der Waals surface area contributed by atoms with Gasteiger partial charge in [0, 0.05) is 6.21 Å². The van der Waals surface area contributed by atoms with Gasteiger partial charge in [-0.2, -0.15) is 5.10 Å². The number of benzene rings is 4. The van der Waals surface area contributed by atoms with Crippen molar-refractivity contribution in [1.29, 1.82) is 0 Å². The molecule has 0 heterocycles. The van der Waals surface area contributed by atoms with Crippen molar-refractivity contribution in [3.63, 3.8) is 0 Å². The monoisotopic (exact) mass is 404 g/mol. The molecule has 31 heavy (non-hydrogen) atoms. The van der Waals surface area contributed by atoms with Gasteiger partial charge in [0.2, 0.25) is 0 Å². The van der Waals surface area contributed by atoms with Gasteiger partial charge in [0.15, 0.2) is 0 Å². The van der Waals surface area contributed by atoms with E-state index in [0.29, 0.717) is 0 Å². The second kappa shape index (κ2) is 10.1. The van der Waals surface area contributed by atoms with Crippen LogP contribution in [-0.4, -0.2) is 13.3 Å². The lowest BCUT2D eigenvalue weighted by molar-refractivity contribution is 0.415. The normalized spacial score (nSPS) is 11.5. The number of methoxy groups -OCH3 is 1. The van der Waals surface area contributed by atoms with E-state index in [9.17, 15) is 0 Å². The molecule has 0 unspecified atom stereocenters. The summed E-state index contributed by atoms with van der Waals surface area (Å²) in [6, 6.07) is 38.7. The smallest absolute Gasteiger partial charge is 0.118 e. The third kappa shape index (κ3) is 5.09. The highest BCUT2D eigenvalue weighted by atomic mass is 16.5. The van der Waals surface area contributed by atoms with E-state index >= 15 is 0 Å². The van der Waals surface area contributed by atoms with Crippen molar-refractivity contribution < 1.29 is 4.74 Å². The highest BCUT2D eigenvalue weighted by Gasteiger charge is 2.07. The molecule has 4 aromatic rings. The summed E-state index contributed by atoms with van der Waals surface area (Å²) in [4.78, 5) is 0. The number of hydrazone groups is 1. The Morgan fingerprint density at radius 3 is 1.65 bits per heavy atom. The zero-order valence-electron chi connectivity index (χ0n) is 17.4. The third-order valence-corrected chi connectivity index (χ3v) is 4.91. The largest absolute Gasteiger partial charge is 0.497 e. The van der Waals surface area contributed by atoms with Crippen LogP contribution in [0, 0.1) is 0 Å². The fourth-order valence-corrected chi connectivity index (χ4v) is 3.34. The standard InChI is InChI=1S/C28H24N2O/c1-31-27-19-17-24(18-20-27)28(23-11-5-2-6-12-23)21-22-29-30(25-13-7-3-8-14-25)26-15-9-4-10-16-26/h2-22H,1H3/b28-21-,29-22+. The minimum Gasteiger partial charge on any atom is -0.497 e. The van der Waals surface area contributed by atoms with Crippen LogP contribution >= 0.6 is 0 Å². The number of nitrogens with zero attached hydrogens (tertiary/aromatic N) is 2. The number of hydrogen-bond donors (Lipinski definition) is 0. The first kappa shape index (κ1) is 20.2. The molecular formula is C28H24N2O. The maximum absolute atomic E-state index is 5.31. The Balaban J connectivity index is 1.72. The molecule has 4 rings (SSSR count). The van der Waals surface area contributed by atoms with E-state index in [2.05, 4.69) is 54.6 Å². The SMILES string of the molecule is COc1ccc(/C(=C\C=N\N(c2ccccc2)c2ccccc2)c2ccccc2)cc1. The molecule has 3 nitrogen and oxygen atoms in total. The van der Waals surface area contributed by atoms with Crippen molar-refractivity contribution >= 4 is 23.2 Å². The van der Waals surface area contributed by atoms with Gasteiger partial charge in [-0.15, -0.1) is 0 Å². The summed E-state index contributed by atoms with van der Waals surface area (Å²) in [7, 11) is 1.68. The summed E-state index contributed by atoms with van der Waals surface area (Å²) < 4.78 is 5.31. The van der Waals surface area contributed by atoms with Crippen LogP contribution in [0.25, 0.3) is 5.57 Å². The molecule has 0 atom stereocenters. The van der Waals surface area contributed by atoms with E-state index in [-0.39, 0.29) is 0 Å². The summed E-state index contributed by atoms with van der Waals surface area (Å²) in [6.45, 7) is 0. The Kier molecular flexibility index (Phi) is 6.56.